The zero-order valence-corrected chi connectivity index (χ0v) is 14.3. The summed E-state index contributed by atoms with van der Waals surface area (Å²) in [6.45, 7) is 0.153. The average Bonchev–Trinajstić information content (AvgIpc) is 2.42. The summed E-state index contributed by atoms with van der Waals surface area (Å²) < 4.78 is 1.84. The zero-order valence-electron chi connectivity index (χ0n) is 10.5. The zero-order chi connectivity index (χ0) is 13.8. The minimum Gasteiger partial charge on any atom is -0.396 e. The number of aliphatic hydroxyl groups is 1. The Hall–Kier alpha value is -0.140. The molecule has 0 spiro atoms. The fraction of sp³-hybridized carbons (Fsp3) is 0.500. The fourth-order valence-electron chi connectivity index (χ4n) is 2.53. The van der Waals surface area contributed by atoms with Gasteiger partial charge in [-0.2, -0.15) is 0 Å². The first kappa shape index (κ1) is 15.3. The quantitative estimate of drug-likeness (QED) is 0.712. The van der Waals surface area contributed by atoms with E-state index in [1.165, 1.54) is 0 Å². The highest BCUT2D eigenvalue weighted by molar-refractivity contribution is 14.1. The normalized spacial score (nSPS) is 23.1. The molecule has 1 aliphatic rings. The van der Waals surface area contributed by atoms with Crippen molar-refractivity contribution in [2.75, 3.05) is 6.61 Å². The summed E-state index contributed by atoms with van der Waals surface area (Å²) in [6.07, 6.45) is 4.22. The maximum atomic E-state index is 12.3. The molecule has 2 rings (SSSR count). The highest BCUT2D eigenvalue weighted by Gasteiger charge is 2.26. The molecule has 1 fully saturated rings. The Morgan fingerprint density at radius 3 is 2.89 bits per heavy atom. The van der Waals surface area contributed by atoms with Crippen molar-refractivity contribution in [3.8, 4) is 0 Å². The van der Waals surface area contributed by atoms with Crippen molar-refractivity contribution in [1.82, 2.24) is 5.32 Å². The van der Waals surface area contributed by atoms with Crippen LogP contribution in [0.15, 0.2) is 22.7 Å². The Balaban J connectivity index is 2.09. The summed E-state index contributed by atoms with van der Waals surface area (Å²) in [7, 11) is 0. The molecule has 19 heavy (non-hydrogen) atoms. The number of carbonyl (C=O) groups is 1. The molecule has 2 unspecified atom stereocenters. The molecule has 0 aliphatic heterocycles. The summed E-state index contributed by atoms with van der Waals surface area (Å²) in [6, 6.07) is 5.79. The van der Waals surface area contributed by atoms with Crippen molar-refractivity contribution in [3.05, 3.63) is 31.8 Å². The Morgan fingerprint density at radius 2 is 2.16 bits per heavy atom. The number of halogens is 2. The molecule has 3 nitrogen and oxygen atoms in total. The molecule has 2 atom stereocenters. The van der Waals surface area contributed by atoms with Gasteiger partial charge in [0.2, 0.25) is 0 Å². The molecule has 1 aromatic carbocycles. The van der Waals surface area contributed by atoms with Crippen LogP contribution in [0.5, 0.6) is 0 Å². The lowest BCUT2D eigenvalue weighted by Gasteiger charge is -2.31. The molecule has 0 aromatic heterocycles. The Labute approximate surface area is 135 Å². The van der Waals surface area contributed by atoms with Gasteiger partial charge in [-0.25, -0.2) is 0 Å². The van der Waals surface area contributed by atoms with Crippen LogP contribution in [0.3, 0.4) is 0 Å². The number of benzene rings is 1. The molecule has 2 N–H and O–H groups in total. The van der Waals surface area contributed by atoms with Gasteiger partial charge in [-0.3, -0.25) is 4.79 Å². The molecule has 1 aliphatic carbocycles. The number of hydrogen-bond acceptors (Lipinski definition) is 2. The summed E-state index contributed by atoms with van der Waals surface area (Å²) >= 11 is 5.56. The van der Waals surface area contributed by atoms with Gasteiger partial charge in [0.15, 0.2) is 0 Å². The third kappa shape index (κ3) is 3.92. The van der Waals surface area contributed by atoms with Gasteiger partial charge in [-0.1, -0.05) is 28.8 Å². The molecular weight excluding hydrogens is 421 g/mol. The lowest BCUT2D eigenvalue weighted by molar-refractivity contribution is 0.0871. The minimum atomic E-state index is -0.0453. The third-order valence-corrected chi connectivity index (χ3v) is 5.07. The van der Waals surface area contributed by atoms with Crippen LogP contribution in [-0.2, 0) is 0 Å². The lowest BCUT2D eigenvalue weighted by atomic mass is 9.85. The molecule has 104 valence electrons. The van der Waals surface area contributed by atoms with Gasteiger partial charge in [0.05, 0.1) is 5.56 Å². The first-order chi connectivity index (χ1) is 9.11. The van der Waals surface area contributed by atoms with Gasteiger partial charge in [-0.15, -0.1) is 0 Å². The maximum absolute atomic E-state index is 12.3. The highest BCUT2D eigenvalue weighted by atomic mass is 127. The smallest absolute Gasteiger partial charge is 0.252 e. The second kappa shape index (κ2) is 7.04. The van der Waals surface area contributed by atoms with Crippen LogP contribution in [0.4, 0.5) is 0 Å². The first-order valence-corrected chi connectivity index (χ1v) is 8.35. The van der Waals surface area contributed by atoms with Crippen molar-refractivity contribution in [1.29, 1.82) is 0 Å². The van der Waals surface area contributed by atoms with E-state index in [0.717, 1.165) is 33.7 Å². The standard InChI is InChI=1S/C14H17BrINO2/c15-10-5-6-12(16)11(7-10)14(19)17-13-4-2-1-3-9(13)8-18/h5-7,9,13,18H,1-4,8H2,(H,17,19). The van der Waals surface area contributed by atoms with Crippen molar-refractivity contribution < 1.29 is 9.90 Å². The van der Waals surface area contributed by atoms with E-state index in [9.17, 15) is 9.90 Å². The van der Waals surface area contributed by atoms with Crippen molar-refractivity contribution in [2.45, 2.75) is 31.7 Å². The second-order valence-corrected chi connectivity index (χ2v) is 7.01. The van der Waals surface area contributed by atoms with E-state index in [0.29, 0.717) is 5.56 Å². The number of hydrogen-bond donors (Lipinski definition) is 2. The largest absolute Gasteiger partial charge is 0.396 e. The highest BCUT2D eigenvalue weighted by Crippen LogP contribution is 2.25. The summed E-state index contributed by atoms with van der Waals surface area (Å²) in [4.78, 5) is 12.3. The van der Waals surface area contributed by atoms with Crippen LogP contribution in [0.25, 0.3) is 0 Å². The van der Waals surface area contributed by atoms with E-state index in [-0.39, 0.29) is 24.5 Å². The SMILES string of the molecule is O=C(NC1CCCCC1CO)c1cc(Br)ccc1I. The van der Waals surface area contributed by atoms with Gasteiger partial charge in [0, 0.05) is 26.6 Å². The number of amides is 1. The number of nitrogens with one attached hydrogen (secondary N) is 1. The van der Waals surface area contributed by atoms with Gasteiger partial charge in [0.1, 0.15) is 0 Å². The molecular formula is C14H17BrINO2. The van der Waals surface area contributed by atoms with E-state index in [4.69, 9.17) is 0 Å². The monoisotopic (exact) mass is 437 g/mol. The van der Waals surface area contributed by atoms with Gasteiger partial charge < -0.3 is 10.4 Å². The molecule has 0 heterocycles. The average molecular weight is 438 g/mol. The number of aliphatic hydroxyl groups excluding tert-OH is 1. The molecule has 0 bridgehead atoms. The van der Waals surface area contributed by atoms with Crippen LogP contribution in [0.1, 0.15) is 36.0 Å². The lowest BCUT2D eigenvalue weighted by Crippen LogP contribution is -2.43. The van der Waals surface area contributed by atoms with Crippen LogP contribution >= 0.6 is 38.5 Å². The van der Waals surface area contributed by atoms with E-state index in [2.05, 4.69) is 43.8 Å². The van der Waals surface area contributed by atoms with E-state index in [1.54, 1.807) is 0 Å². The Morgan fingerprint density at radius 1 is 1.42 bits per heavy atom. The predicted octanol–water partition coefficient (Wildman–Crippen LogP) is 3.33. The van der Waals surface area contributed by atoms with Crippen molar-refractivity contribution in [2.24, 2.45) is 5.92 Å². The minimum absolute atomic E-state index is 0.0453. The third-order valence-electron chi connectivity index (χ3n) is 3.63. The second-order valence-electron chi connectivity index (χ2n) is 4.93. The van der Waals surface area contributed by atoms with E-state index in [1.807, 2.05) is 18.2 Å². The fourth-order valence-corrected chi connectivity index (χ4v) is 3.48. The van der Waals surface area contributed by atoms with E-state index < -0.39 is 0 Å². The molecule has 1 saturated carbocycles. The number of carbonyl (C=O) groups excluding carboxylic acids is 1. The van der Waals surface area contributed by atoms with Crippen LogP contribution in [0.2, 0.25) is 0 Å². The Kier molecular flexibility index (Phi) is 5.65. The van der Waals surface area contributed by atoms with Crippen LogP contribution in [0, 0.1) is 9.49 Å². The summed E-state index contributed by atoms with van der Waals surface area (Å²) in [5.74, 6) is 0.151. The summed E-state index contributed by atoms with van der Waals surface area (Å²) in [5, 5.41) is 12.5. The van der Waals surface area contributed by atoms with Crippen molar-refractivity contribution >= 4 is 44.4 Å². The molecule has 1 aromatic rings. The molecule has 0 saturated heterocycles. The summed E-state index contributed by atoms with van der Waals surface area (Å²) in [5.41, 5.74) is 0.692. The van der Waals surface area contributed by atoms with Gasteiger partial charge in [-0.05, 0) is 53.6 Å². The predicted molar refractivity (Wildman–Crippen MR) is 87.2 cm³/mol. The van der Waals surface area contributed by atoms with Crippen LogP contribution in [-0.4, -0.2) is 23.7 Å². The van der Waals surface area contributed by atoms with E-state index >= 15 is 0 Å². The van der Waals surface area contributed by atoms with Gasteiger partial charge in [0.25, 0.3) is 5.91 Å². The number of rotatable bonds is 3. The van der Waals surface area contributed by atoms with Crippen molar-refractivity contribution in [3.63, 3.8) is 0 Å². The molecule has 0 radical (unpaired) electrons. The first-order valence-electron chi connectivity index (χ1n) is 6.48. The topological polar surface area (TPSA) is 49.3 Å². The molecule has 5 heteroatoms. The maximum Gasteiger partial charge on any atom is 0.252 e. The Bertz CT molecular complexity index is 467. The van der Waals surface area contributed by atoms with Crippen LogP contribution < -0.4 is 5.32 Å². The molecule has 1 amide bonds. The van der Waals surface area contributed by atoms with Gasteiger partial charge >= 0.3 is 0 Å².